The van der Waals surface area contributed by atoms with Crippen LogP contribution in [0.15, 0.2) is 0 Å². The number of amides is 2. The molecule has 0 aromatic rings. The highest BCUT2D eigenvalue weighted by atomic mass is 16.2. The summed E-state index contributed by atoms with van der Waals surface area (Å²) in [7, 11) is 0. The standard InChI is InChI=1S/C10H19N3O/c14-10(13-9-3-4-9)12-8-2-1-6-11-7-5-8/h8-9,11H,1-7H2,(H2,12,13,14). The molecule has 2 amide bonds. The van der Waals surface area contributed by atoms with E-state index in [0.717, 1.165) is 45.2 Å². The van der Waals surface area contributed by atoms with Crippen molar-refractivity contribution >= 4 is 6.03 Å². The summed E-state index contributed by atoms with van der Waals surface area (Å²) in [4.78, 5) is 11.4. The van der Waals surface area contributed by atoms with Crippen LogP contribution in [-0.4, -0.2) is 31.2 Å². The maximum atomic E-state index is 11.4. The molecule has 1 atom stereocenters. The Labute approximate surface area is 84.8 Å². The first-order valence-electron chi connectivity index (χ1n) is 5.62. The Morgan fingerprint density at radius 2 is 1.71 bits per heavy atom. The number of hydrogen-bond donors (Lipinski definition) is 3. The molecule has 0 radical (unpaired) electrons. The summed E-state index contributed by atoms with van der Waals surface area (Å²) in [6.45, 7) is 2.11. The number of nitrogens with one attached hydrogen (secondary N) is 3. The molecular weight excluding hydrogens is 178 g/mol. The first-order valence-corrected chi connectivity index (χ1v) is 5.62. The van der Waals surface area contributed by atoms with Crippen LogP contribution in [0.5, 0.6) is 0 Å². The molecule has 1 unspecified atom stereocenters. The normalized spacial score (nSPS) is 27.9. The van der Waals surface area contributed by atoms with Crippen molar-refractivity contribution in [3.05, 3.63) is 0 Å². The van der Waals surface area contributed by atoms with E-state index in [9.17, 15) is 4.79 Å². The highest BCUT2D eigenvalue weighted by molar-refractivity contribution is 5.74. The quantitative estimate of drug-likeness (QED) is 0.607. The average Bonchev–Trinajstić information content (AvgIpc) is 2.93. The van der Waals surface area contributed by atoms with Crippen LogP contribution in [-0.2, 0) is 0 Å². The van der Waals surface area contributed by atoms with Crippen molar-refractivity contribution in [3.63, 3.8) is 0 Å². The summed E-state index contributed by atoms with van der Waals surface area (Å²) >= 11 is 0. The molecule has 1 aliphatic heterocycles. The third-order valence-electron chi connectivity index (χ3n) is 2.82. The van der Waals surface area contributed by atoms with E-state index >= 15 is 0 Å². The van der Waals surface area contributed by atoms with Gasteiger partial charge in [0.25, 0.3) is 0 Å². The van der Waals surface area contributed by atoms with Crippen LogP contribution in [0.25, 0.3) is 0 Å². The van der Waals surface area contributed by atoms with E-state index < -0.39 is 0 Å². The summed E-state index contributed by atoms with van der Waals surface area (Å²) in [6, 6.07) is 0.849. The molecule has 4 heteroatoms. The van der Waals surface area contributed by atoms with Crippen molar-refractivity contribution in [3.8, 4) is 0 Å². The summed E-state index contributed by atoms with van der Waals surface area (Å²) in [5, 5.41) is 9.32. The van der Waals surface area contributed by atoms with E-state index in [1.165, 1.54) is 0 Å². The van der Waals surface area contributed by atoms with Gasteiger partial charge in [0.15, 0.2) is 0 Å². The van der Waals surface area contributed by atoms with Gasteiger partial charge in [0.05, 0.1) is 0 Å². The van der Waals surface area contributed by atoms with Crippen LogP contribution in [0.4, 0.5) is 4.79 Å². The van der Waals surface area contributed by atoms with E-state index in [2.05, 4.69) is 16.0 Å². The lowest BCUT2D eigenvalue weighted by Gasteiger charge is -2.16. The van der Waals surface area contributed by atoms with Gasteiger partial charge in [0.2, 0.25) is 0 Å². The molecule has 1 saturated heterocycles. The molecule has 2 aliphatic rings. The minimum Gasteiger partial charge on any atom is -0.335 e. The van der Waals surface area contributed by atoms with Crippen molar-refractivity contribution in [1.29, 1.82) is 0 Å². The second-order valence-electron chi connectivity index (χ2n) is 4.27. The fourth-order valence-corrected chi connectivity index (χ4v) is 1.80. The van der Waals surface area contributed by atoms with Crippen molar-refractivity contribution in [1.82, 2.24) is 16.0 Å². The molecule has 14 heavy (non-hydrogen) atoms. The first kappa shape index (κ1) is 9.77. The molecule has 0 aromatic heterocycles. The minimum absolute atomic E-state index is 0.0272. The van der Waals surface area contributed by atoms with Gasteiger partial charge in [-0.25, -0.2) is 4.79 Å². The summed E-state index contributed by atoms with van der Waals surface area (Å²) < 4.78 is 0. The molecule has 80 valence electrons. The van der Waals surface area contributed by atoms with E-state index in [1.54, 1.807) is 0 Å². The Balaban J connectivity index is 1.68. The van der Waals surface area contributed by atoms with E-state index in [1.807, 2.05) is 0 Å². The molecule has 2 fully saturated rings. The average molecular weight is 197 g/mol. The van der Waals surface area contributed by atoms with Crippen LogP contribution in [0.2, 0.25) is 0 Å². The molecule has 2 rings (SSSR count). The van der Waals surface area contributed by atoms with Gasteiger partial charge >= 0.3 is 6.03 Å². The summed E-state index contributed by atoms with van der Waals surface area (Å²) in [5.74, 6) is 0. The zero-order valence-electron chi connectivity index (χ0n) is 8.51. The zero-order chi connectivity index (χ0) is 9.80. The minimum atomic E-state index is 0.0272. The lowest BCUT2D eigenvalue weighted by Crippen LogP contribution is -2.43. The van der Waals surface area contributed by atoms with E-state index in [0.29, 0.717) is 12.1 Å². The van der Waals surface area contributed by atoms with Gasteiger partial charge < -0.3 is 16.0 Å². The molecular formula is C10H19N3O. The number of rotatable bonds is 2. The number of hydrogen-bond acceptors (Lipinski definition) is 2. The second kappa shape index (κ2) is 4.64. The lowest BCUT2D eigenvalue weighted by atomic mass is 10.1. The molecule has 4 nitrogen and oxygen atoms in total. The van der Waals surface area contributed by atoms with E-state index in [-0.39, 0.29) is 6.03 Å². The molecule has 1 aliphatic carbocycles. The van der Waals surface area contributed by atoms with Crippen molar-refractivity contribution < 1.29 is 4.79 Å². The Bertz CT molecular complexity index is 196. The Morgan fingerprint density at radius 1 is 1.00 bits per heavy atom. The number of carbonyl (C=O) groups excluding carboxylic acids is 1. The Morgan fingerprint density at radius 3 is 2.43 bits per heavy atom. The molecule has 1 heterocycles. The van der Waals surface area contributed by atoms with Gasteiger partial charge in [0, 0.05) is 12.1 Å². The van der Waals surface area contributed by atoms with Gasteiger partial charge in [-0.3, -0.25) is 0 Å². The Kier molecular flexibility index (Phi) is 3.24. The smallest absolute Gasteiger partial charge is 0.315 e. The molecule has 0 spiro atoms. The first-order chi connectivity index (χ1) is 6.84. The molecule has 3 N–H and O–H groups in total. The molecule has 0 aromatic carbocycles. The topological polar surface area (TPSA) is 53.2 Å². The summed E-state index contributed by atoms with van der Waals surface area (Å²) in [6.07, 6.45) is 5.62. The van der Waals surface area contributed by atoms with Crippen molar-refractivity contribution in [2.75, 3.05) is 13.1 Å². The number of urea groups is 1. The summed E-state index contributed by atoms with van der Waals surface area (Å²) in [5.41, 5.74) is 0. The molecule has 1 saturated carbocycles. The number of carbonyl (C=O) groups is 1. The third kappa shape index (κ3) is 3.18. The van der Waals surface area contributed by atoms with Crippen LogP contribution >= 0.6 is 0 Å². The predicted octanol–water partition coefficient (Wildman–Crippen LogP) is 0.590. The van der Waals surface area contributed by atoms with Crippen molar-refractivity contribution in [2.45, 2.75) is 44.2 Å². The largest absolute Gasteiger partial charge is 0.335 e. The maximum Gasteiger partial charge on any atom is 0.315 e. The van der Waals surface area contributed by atoms with Crippen LogP contribution in [0, 0.1) is 0 Å². The fourth-order valence-electron chi connectivity index (χ4n) is 1.80. The van der Waals surface area contributed by atoms with Gasteiger partial charge in [-0.05, 0) is 45.2 Å². The SMILES string of the molecule is O=C(NC1CCCNCC1)NC1CC1. The molecule has 0 bridgehead atoms. The Hall–Kier alpha value is -0.770. The third-order valence-corrected chi connectivity index (χ3v) is 2.82. The zero-order valence-corrected chi connectivity index (χ0v) is 8.51. The van der Waals surface area contributed by atoms with Gasteiger partial charge in [-0.15, -0.1) is 0 Å². The second-order valence-corrected chi connectivity index (χ2v) is 4.27. The van der Waals surface area contributed by atoms with Crippen molar-refractivity contribution in [2.24, 2.45) is 0 Å². The van der Waals surface area contributed by atoms with Gasteiger partial charge in [-0.2, -0.15) is 0 Å². The maximum absolute atomic E-state index is 11.4. The van der Waals surface area contributed by atoms with Gasteiger partial charge in [-0.1, -0.05) is 0 Å². The monoisotopic (exact) mass is 197 g/mol. The fraction of sp³-hybridized carbons (Fsp3) is 0.900. The van der Waals surface area contributed by atoms with Crippen LogP contribution < -0.4 is 16.0 Å². The predicted molar refractivity (Wildman–Crippen MR) is 55.2 cm³/mol. The van der Waals surface area contributed by atoms with Gasteiger partial charge in [0.1, 0.15) is 0 Å². The highest BCUT2D eigenvalue weighted by Gasteiger charge is 2.24. The lowest BCUT2D eigenvalue weighted by molar-refractivity contribution is 0.235. The van der Waals surface area contributed by atoms with Crippen LogP contribution in [0.1, 0.15) is 32.1 Å². The van der Waals surface area contributed by atoms with Crippen LogP contribution in [0.3, 0.4) is 0 Å². The highest BCUT2D eigenvalue weighted by Crippen LogP contribution is 2.18. The van der Waals surface area contributed by atoms with E-state index in [4.69, 9.17) is 0 Å².